The molecule has 0 aromatic carbocycles. The molecule has 0 bridgehead atoms. The van der Waals surface area contributed by atoms with Crippen LogP contribution in [0.4, 0.5) is 4.79 Å². The van der Waals surface area contributed by atoms with Gasteiger partial charge in [-0.15, -0.1) is 0 Å². The van der Waals surface area contributed by atoms with Gasteiger partial charge in [0.25, 0.3) is 0 Å². The first-order valence-corrected chi connectivity index (χ1v) is 27.9. The van der Waals surface area contributed by atoms with Crippen molar-refractivity contribution >= 4 is 6.16 Å². The van der Waals surface area contributed by atoms with Gasteiger partial charge in [-0.1, -0.05) is 142 Å². The molecule has 5 aliphatic rings. The fraction of sp³-hybridized carbons (Fsp3) is 0.879. The largest absolute Gasteiger partial charge is 0.508 e. The highest BCUT2D eigenvalue weighted by atomic mass is 16.7. The van der Waals surface area contributed by atoms with E-state index in [0.717, 1.165) is 87.9 Å². The van der Waals surface area contributed by atoms with Crippen LogP contribution < -0.4 is 0 Å². The Kier molecular flexibility index (Phi) is 25.1. The summed E-state index contributed by atoms with van der Waals surface area (Å²) in [5.74, 6) is 5.27. The number of carbonyl (C=O) groups excluding carboxylic acids is 1. The van der Waals surface area contributed by atoms with E-state index in [1.807, 2.05) is 0 Å². The molecule has 5 unspecified atom stereocenters. The van der Waals surface area contributed by atoms with Gasteiger partial charge in [0.05, 0.1) is 32.5 Å². The second-order valence-corrected chi connectivity index (χ2v) is 22.6. The maximum Gasteiger partial charge on any atom is 0.508 e. The number of unbranched alkanes of at least 4 members (excludes halogenated alkanes) is 9. The molecular formula is C58H101NO6. The second-order valence-electron chi connectivity index (χ2n) is 22.6. The molecular weight excluding hydrogens is 807 g/mol. The zero-order chi connectivity index (χ0) is 46.2. The second kappa shape index (κ2) is 30.0. The summed E-state index contributed by atoms with van der Waals surface area (Å²) in [7, 11) is 0. The molecule has 0 N–H and O–H groups in total. The minimum atomic E-state index is -0.553. The number of hydrogen-bond donors (Lipinski definition) is 0. The number of hydrogen-bond acceptors (Lipinski definition) is 7. The fourth-order valence-electron chi connectivity index (χ4n) is 13.4. The van der Waals surface area contributed by atoms with Gasteiger partial charge in [-0.2, -0.15) is 0 Å². The molecule has 4 aliphatic carbocycles. The molecule has 1 saturated heterocycles. The van der Waals surface area contributed by atoms with Gasteiger partial charge in [-0.05, 0) is 162 Å². The van der Waals surface area contributed by atoms with Crippen LogP contribution in [-0.2, 0) is 23.7 Å². The van der Waals surface area contributed by atoms with Gasteiger partial charge in [0.15, 0.2) is 0 Å². The SMILES string of the molecule is CCCCCC=CCC=CCCCCCCCCOCC(CN1CCCCC1)OCCOCCOC(=O)O[C@H]1CC[C@@]2(C)C(C=CC3C2CC[C@@]2(C)C3CC[C@@H]2[C@H](C)CCCC(C)C)C1. The lowest BCUT2D eigenvalue weighted by molar-refractivity contribution is -0.0892. The summed E-state index contributed by atoms with van der Waals surface area (Å²) in [6.07, 6.45) is 45.5. The predicted octanol–water partition coefficient (Wildman–Crippen LogP) is 15.1. The average Bonchev–Trinajstić information content (AvgIpc) is 3.66. The molecule has 374 valence electrons. The van der Waals surface area contributed by atoms with Crippen LogP contribution in [0.3, 0.4) is 0 Å². The molecule has 7 heteroatoms. The summed E-state index contributed by atoms with van der Waals surface area (Å²) in [5, 5.41) is 0. The topological polar surface area (TPSA) is 66.5 Å². The predicted molar refractivity (Wildman–Crippen MR) is 270 cm³/mol. The Bertz CT molecular complexity index is 1370. The minimum Gasteiger partial charge on any atom is -0.432 e. The molecule has 0 aromatic heterocycles. The zero-order valence-corrected chi connectivity index (χ0v) is 43.1. The molecule has 7 nitrogen and oxygen atoms in total. The first-order valence-electron chi connectivity index (χ1n) is 27.9. The third-order valence-corrected chi connectivity index (χ3v) is 17.3. The van der Waals surface area contributed by atoms with Gasteiger partial charge in [0.1, 0.15) is 12.7 Å². The van der Waals surface area contributed by atoms with Crippen molar-refractivity contribution in [1.29, 1.82) is 0 Å². The van der Waals surface area contributed by atoms with Crippen LogP contribution in [0.25, 0.3) is 0 Å². The normalized spacial score (nSPS) is 30.1. The number of piperidine rings is 1. The van der Waals surface area contributed by atoms with Gasteiger partial charge >= 0.3 is 6.16 Å². The summed E-state index contributed by atoms with van der Waals surface area (Å²) < 4.78 is 29.8. The zero-order valence-electron chi connectivity index (χ0n) is 43.1. The molecule has 10 atom stereocenters. The Morgan fingerprint density at radius 1 is 0.708 bits per heavy atom. The molecule has 1 heterocycles. The van der Waals surface area contributed by atoms with Crippen molar-refractivity contribution in [2.45, 2.75) is 214 Å². The van der Waals surface area contributed by atoms with Crippen LogP contribution in [0.1, 0.15) is 202 Å². The molecule has 4 fully saturated rings. The van der Waals surface area contributed by atoms with Gasteiger partial charge in [0.2, 0.25) is 0 Å². The smallest absolute Gasteiger partial charge is 0.432 e. The van der Waals surface area contributed by atoms with Crippen molar-refractivity contribution in [2.75, 3.05) is 59.3 Å². The average molecular weight is 908 g/mol. The van der Waals surface area contributed by atoms with Crippen LogP contribution in [0.2, 0.25) is 0 Å². The van der Waals surface area contributed by atoms with E-state index in [1.165, 1.54) is 128 Å². The van der Waals surface area contributed by atoms with Gasteiger partial charge in [0, 0.05) is 13.2 Å². The van der Waals surface area contributed by atoms with Gasteiger partial charge in [-0.3, -0.25) is 0 Å². The number of carbonyl (C=O) groups is 1. The fourth-order valence-corrected chi connectivity index (χ4v) is 13.4. The third kappa shape index (κ3) is 18.0. The third-order valence-electron chi connectivity index (χ3n) is 17.3. The van der Waals surface area contributed by atoms with E-state index < -0.39 is 6.16 Å². The lowest BCUT2D eigenvalue weighted by atomic mass is 9.46. The number of allylic oxidation sites excluding steroid dienone is 6. The van der Waals surface area contributed by atoms with Gasteiger partial charge in [-0.25, -0.2) is 4.79 Å². The van der Waals surface area contributed by atoms with E-state index in [4.69, 9.17) is 23.7 Å². The van der Waals surface area contributed by atoms with Crippen LogP contribution in [0.5, 0.6) is 0 Å². The first kappa shape index (κ1) is 54.3. The maximum absolute atomic E-state index is 12.8. The molecule has 3 saturated carbocycles. The summed E-state index contributed by atoms with van der Waals surface area (Å²) in [4.78, 5) is 15.4. The molecule has 0 aromatic rings. The van der Waals surface area contributed by atoms with Crippen molar-refractivity contribution in [3.63, 3.8) is 0 Å². The van der Waals surface area contributed by atoms with E-state index in [0.29, 0.717) is 49.1 Å². The Hall–Kier alpha value is -1.67. The Balaban J connectivity index is 0.903. The van der Waals surface area contributed by atoms with E-state index in [-0.39, 0.29) is 18.8 Å². The summed E-state index contributed by atoms with van der Waals surface area (Å²) in [5.41, 5.74) is 0.780. The Morgan fingerprint density at radius 2 is 1.42 bits per heavy atom. The Morgan fingerprint density at radius 3 is 2.18 bits per heavy atom. The number of likely N-dealkylation sites (tertiary alicyclic amines) is 1. The molecule has 5 rings (SSSR count). The number of nitrogens with zero attached hydrogens (tertiary/aromatic N) is 1. The Labute approximate surface area is 400 Å². The van der Waals surface area contributed by atoms with Gasteiger partial charge < -0.3 is 28.6 Å². The van der Waals surface area contributed by atoms with E-state index in [2.05, 4.69) is 82.9 Å². The van der Waals surface area contributed by atoms with Crippen LogP contribution in [0.15, 0.2) is 36.5 Å². The maximum atomic E-state index is 12.8. The standard InChI is InChI=1S/C58H101NO6/c1-7-8-9-10-11-12-13-14-15-16-17-18-19-20-21-25-39-62-46-51(45-59-37-23-22-24-38-59)63-42-40-61-41-43-64-56(60)65-50-33-35-57(5)49(44-50)29-30-52-54-32-31-53(48(4)28-26-27-47(2)3)58(54,6)36-34-55(52)57/h11-12,14-15,29-30,47-55H,7-10,13,16-28,31-46H2,1-6H3/t48-,49?,50+,51?,52?,53-,54?,55?,57+,58-/m1/s1. The highest BCUT2D eigenvalue weighted by molar-refractivity contribution is 5.60. The van der Waals surface area contributed by atoms with E-state index in [1.54, 1.807) is 0 Å². The molecule has 0 radical (unpaired) electrons. The summed E-state index contributed by atoms with van der Waals surface area (Å²) in [6.45, 7) is 20.9. The number of ether oxygens (including phenoxy) is 5. The van der Waals surface area contributed by atoms with Crippen LogP contribution >= 0.6 is 0 Å². The van der Waals surface area contributed by atoms with Crippen molar-refractivity contribution in [2.24, 2.45) is 52.3 Å². The van der Waals surface area contributed by atoms with Crippen molar-refractivity contribution in [1.82, 2.24) is 4.90 Å². The highest BCUT2D eigenvalue weighted by Crippen LogP contribution is 2.67. The minimum absolute atomic E-state index is 0.0428. The molecule has 0 amide bonds. The van der Waals surface area contributed by atoms with Crippen LogP contribution in [-0.4, -0.2) is 82.5 Å². The molecule has 65 heavy (non-hydrogen) atoms. The lowest BCUT2D eigenvalue weighted by Crippen LogP contribution is -2.52. The van der Waals surface area contributed by atoms with Crippen molar-refractivity contribution in [3.8, 4) is 0 Å². The monoisotopic (exact) mass is 908 g/mol. The van der Waals surface area contributed by atoms with Crippen LogP contribution in [0, 0.1) is 52.3 Å². The number of rotatable bonds is 32. The quantitative estimate of drug-likeness (QED) is 0.0378. The number of fused-ring (bicyclic) bond motifs is 5. The van der Waals surface area contributed by atoms with E-state index >= 15 is 0 Å². The van der Waals surface area contributed by atoms with Crippen molar-refractivity contribution in [3.05, 3.63) is 36.5 Å². The highest BCUT2D eigenvalue weighted by Gasteiger charge is 2.59. The lowest BCUT2D eigenvalue weighted by Gasteiger charge is -2.59. The molecule has 0 spiro atoms. The first-order chi connectivity index (χ1) is 31.6. The van der Waals surface area contributed by atoms with Crippen molar-refractivity contribution < 1.29 is 28.5 Å². The van der Waals surface area contributed by atoms with E-state index in [9.17, 15) is 4.79 Å². The summed E-state index contributed by atoms with van der Waals surface area (Å²) >= 11 is 0. The summed E-state index contributed by atoms with van der Waals surface area (Å²) in [6, 6.07) is 0. The molecule has 1 aliphatic heterocycles.